The number of benzene rings is 2. The molecule has 1 saturated heterocycles. The molecule has 0 bridgehead atoms. The first-order valence-electron chi connectivity index (χ1n) is 7.77. The predicted molar refractivity (Wildman–Crippen MR) is 91.3 cm³/mol. The van der Waals surface area contributed by atoms with Gasteiger partial charge in [-0.25, -0.2) is 0 Å². The summed E-state index contributed by atoms with van der Waals surface area (Å²) in [6.45, 7) is 4.18. The zero-order valence-corrected chi connectivity index (χ0v) is 13.7. The number of rotatable bonds is 4. The fraction of sp³-hybridized carbons (Fsp3) is 0.316. The molecule has 0 aromatic heterocycles. The van der Waals surface area contributed by atoms with E-state index in [4.69, 9.17) is 11.6 Å². The number of anilines is 1. The molecule has 1 heterocycles. The van der Waals surface area contributed by atoms with E-state index in [1.807, 2.05) is 41.3 Å². The summed E-state index contributed by atoms with van der Waals surface area (Å²) < 4.78 is 0. The van der Waals surface area contributed by atoms with E-state index in [0.717, 1.165) is 29.1 Å². The van der Waals surface area contributed by atoms with E-state index in [9.17, 15) is 4.79 Å². The number of carbonyl (C=O) groups is 1. The zero-order valence-electron chi connectivity index (χ0n) is 12.9. The second-order valence-corrected chi connectivity index (χ2v) is 6.37. The first kappa shape index (κ1) is 15.1. The first-order chi connectivity index (χ1) is 10.6. The number of hydrogen-bond acceptors (Lipinski definition) is 1. The predicted octanol–water partition coefficient (Wildman–Crippen LogP) is 5.15. The lowest BCUT2D eigenvalue weighted by Gasteiger charge is -2.47. The highest BCUT2D eigenvalue weighted by Crippen LogP contribution is 2.45. The third-order valence-corrected chi connectivity index (χ3v) is 4.59. The fourth-order valence-corrected chi connectivity index (χ4v) is 3.30. The molecule has 1 aliphatic rings. The number of nitrogens with zero attached hydrogens (tertiary/aromatic N) is 1. The average molecular weight is 314 g/mol. The zero-order chi connectivity index (χ0) is 15.7. The molecule has 114 valence electrons. The van der Waals surface area contributed by atoms with Crippen LogP contribution in [0.25, 0.3) is 0 Å². The molecule has 2 aromatic rings. The lowest BCUT2D eigenvalue weighted by molar-refractivity contribution is -0.130. The Kier molecular flexibility index (Phi) is 4.21. The van der Waals surface area contributed by atoms with Gasteiger partial charge in [-0.2, -0.15) is 0 Å². The molecule has 3 rings (SSSR count). The number of aryl methyl sites for hydroxylation is 1. The van der Waals surface area contributed by atoms with Crippen molar-refractivity contribution in [3.05, 3.63) is 64.7 Å². The van der Waals surface area contributed by atoms with E-state index >= 15 is 0 Å². The summed E-state index contributed by atoms with van der Waals surface area (Å²) in [6.07, 6.45) is 1.94. The Morgan fingerprint density at radius 1 is 1.05 bits per heavy atom. The van der Waals surface area contributed by atoms with E-state index in [-0.39, 0.29) is 17.9 Å². The Balaban J connectivity index is 1.95. The number of halogens is 1. The van der Waals surface area contributed by atoms with Crippen molar-refractivity contribution in [3.63, 3.8) is 0 Å². The lowest BCUT2D eigenvalue weighted by Crippen LogP contribution is -2.55. The normalized spacial score (nSPS) is 20.9. The van der Waals surface area contributed by atoms with Gasteiger partial charge in [0.05, 0.1) is 12.0 Å². The van der Waals surface area contributed by atoms with Crippen molar-refractivity contribution in [3.8, 4) is 0 Å². The Hall–Kier alpha value is -1.80. The van der Waals surface area contributed by atoms with Gasteiger partial charge in [-0.05, 0) is 43.2 Å². The summed E-state index contributed by atoms with van der Waals surface area (Å²) in [5, 5.41) is 0.725. The lowest BCUT2D eigenvalue weighted by atomic mass is 9.79. The highest BCUT2D eigenvalue weighted by atomic mass is 35.5. The molecule has 0 unspecified atom stereocenters. The van der Waals surface area contributed by atoms with Crippen molar-refractivity contribution < 1.29 is 4.79 Å². The molecule has 0 spiro atoms. The van der Waals surface area contributed by atoms with Gasteiger partial charge in [0.25, 0.3) is 0 Å². The van der Waals surface area contributed by atoms with E-state index in [1.54, 1.807) is 0 Å². The maximum Gasteiger partial charge on any atom is 0.233 e. The molecule has 0 radical (unpaired) electrons. The van der Waals surface area contributed by atoms with Crippen LogP contribution in [0, 0.1) is 12.8 Å². The Morgan fingerprint density at radius 3 is 2.27 bits per heavy atom. The second kappa shape index (κ2) is 6.13. The Bertz CT molecular complexity index is 663. The molecular weight excluding hydrogens is 294 g/mol. The molecule has 3 heteroatoms. The first-order valence-corrected chi connectivity index (χ1v) is 8.15. The Labute approximate surface area is 136 Å². The van der Waals surface area contributed by atoms with Gasteiger partial charge in [-0.1, -0.05) is 54.8 Å². The summed E-state index contributed by atoms with van der Waals surface area (Å²) in [5.74, 6) is 0.304. The molecule has 0 aliphatic carbocycles. The second-order valence-electron chi connectivity index (χ2n) is 5.94. The monoisotopic (exact) mass is 313 g/mol. The van der Waals surface area contributed by atoms with Crippen molar-refractivity contribution >= 4 is 23.2 Å². The smallest absolute Gasteiger partial charge is 0.233 e. The summed E-state index contributed by atoms with van der Waals surface area (Å²) in [5.41, 5.74) is 3.33. The number of β-lactam (4-membered cyclic amide) rings is 1. The molecular formula is C19H20ClNO. The van der Waals surface area contributed by atoms with Crippen LogP contribution in [0.5, 0.6) is 0 Å². The van der Waals surface area contributed by atoms with Crippen molar-refractivity contribution in [2.45, 2.75) is 32.7 Å². The third kappa shape index (κ3) is 2.64. The fourth-order valence-electron chi connectivity index (χ4n) is 3.18. The van der Waals surface area contributed by atoms with Crippen LogP contribution in [-0.2, 0) is 4.79 Å². The van der Waals surface area contributed by atoms with Gasteiger partial charge in [0.15, 0.2) is 0 Å². The maximum atomic E-state index is 12.6. The van der Waals surface area contributed by atoms with Crippen molar-refractivity contribution in [2.24, 2.45) is 5.92 Å². The van der Waals surface area contributed by atoms with Crippen LogP contribution in [-0.4, -0.2) is 5.91 Å². The number of amides is 1. The quantitative estimate of drug-likeness (QED) is 0.715. The van der Waals surface area contributed by atoms with Gasteiger partial charge in [0, 0.05) is 10.7 Å². The Morgan fingerprint density at radius 2 is 1.68 bits per heavy atom. The topological polar surface area (TPSA) is 20.3 Å². The maximum absolute atomic E-state index is 12.6. The summed E-state index contributed by atoms with van der Waals surface area (Å²) >= 11 is 5.99. The van der Waals surface area contributed by atoms with Gasteiger partial charge < -0.3 is 4.90 Å². The van der Waals surface area contributed by atoms with Gasteiger partial charge in [0.1, 0.15) is 0 Å². The van der Waals surface area contributed by atoms with E-state index in [2.05, 4.69) is 26.0 Å². The van der Waals surface area contributed by atoms with Crippen molar-refractivity contribution in [1.29, 1.82) is 0 Å². The minimum atomic E-state index is 0.0764. The average Bonchev–Trinajstić information content (AvgIpc) is 2.53. The molecule has 2 nitrogen and oxygen atoms in total. The van der Waals surface area contributed by atoms with Crippen molar-refractivity contribution in [2.75, 3.05) is 4.90 Å². The van der Waals surface area contributed by atoms with Crippen LogP contribution in [0.1, 0.15) is 36.9 Å². The molecule has 2 atom stereocenters. The highest BCUT2D eigenvalue weighted by Gasteiger charge is 2.47. The summed E-state index contributed by atoms with van der Waals surface area (Å²) in [6, 6.07) is 16.1. The van der Waals surface area contributed by atoms with Gasteiger partial charge >= 0.3 is 0 Å². The molecule has 1 fully saturated rings. The van der Waals surface area contributed by atoms with Crippen LogP contribution in [0.3, 0.4) is 0 Å². The molecule has 2 aromatic carbocycles. The van der Waals surface area contributed by atoms with E-state index < -0.39 is 0 Å². The van der Waals surface area contributed by atoms with Gasteiger partial charge in [0.2, 0.25) is 5.91 Å². The van der Waals surface area contributed by atoms with Gasteiger partial charge in [-0.3, -0.25) is 4.79 Å². The van der Waals surface area contributed by atoms with Crippen LogP contribution >= 0.6 is 11.6 Å². The van der Waals surface area contributed by atoms with Crippen LogP contribution < -0.4 is 4.90 Å². The number of carbonyl (C=O) groups excluding carboxylic acids is 1. The van der Waals surface area contributed by atoms with E-state index in [1.165, 1.54) is 5.56 Å². The van der Waals surface area contributed by atoms with Crippen LogP contribution in [0.4, 0.5) is 5.69 Å². The largest absolute Gasteiger partial charge is 0.304 e. The molecule has 22 heavy (non-hydrogen) atoms. The number of hydrogen-bond donors (Lipinski definition) is 0. The van der Waals surface area contributed by atoms with Crippen LogP contribution in [0.2, 0.25) is 5.02 Å². The molecule has 0 saturated carbocycles. The minimum absolute atomic E-state index is 0.0764. The third-order valence-electron chi connectivity index (χ3n) is 4.34. The van der Waals surface area contributed by atoms with E-state index in [0.29, 0.717) is 0 Å². The molecule has 1 aliphatic heterocycles. The summed E-state index contributed by atoms with van der Waals surface area (Å²) in [4.78, 5) is 14.5. The standard InChI is InChI=1S/C19H20ClNO/c1-3-4-17-18(14-7-9-15(20)10-8-14)21(19(17)22)16-11-5-13(2)6-12-16/h5-12,17-18H,3-4H2,1-2H3/t17-,18+/m0/s1. The summed E-state index contributed by atoms with van der Waals surface area (Å²) in [7, 11) is 0. The molecule has 0 N–H and O–H groups in total. The SMILES string of the molecule is CCC[C@@H]1C(=O)N(c2ccc(C)cc2)[C@@H]1c1ccc(Cl)cc1. The molecule has 1 amide bonds. The highest BCUT2D eigenvalue weighted by molar-refractivity contribution is 6.30. The van der Waals surface area contributed by atoms with Gasteiger partial charge in [-0.15, -0.1) is 0 Å². The van der Waals surface area contributed by atoms with Crippen LogP contribution in [0.15, 0.2) is 48.5 Å². The van der Waals surface area contributed by atoms with Crippen molar-refractivity contribution in [1.82, 2.24) is 0 Å². The minimum Gasteiger partial charge on any atom is -0.304 e.